The van der Waals surface area contributed by atoms with Gasteiger partial charge in [0.25, 0.3) is 0 Å². The van der Waals surface area contributed by atoms with Crippen molar-refractivity contribution >= 4 is 5.97 Å². The molecule has 0 aliphatic heterocycles. The molecular weight excluding hydrogens is 232 g/mol. The number of aryl methyl sites for hydroxylation is 1. The van der Waals surface area contributed by atoms with Crippen LogP contribution in [-0.2, 0) is 4.84 Å². The summed E-state index contributed by atoms with van der Waals surface area (Å²) in [4.78, 5) is 29.4. The maximum Gasteiger partial charge on any atom is 0.369 e. The zero-order valence-corrected chi connectivity index (χ0v) is 9.66. The van der Waals surface area contributed by atoms with Gasteiger partial charge >= 0.3 is 5.97 Å². The van der Waals surface area contributed by atoms with Crippen LogP contribution in [0.15, 0.2) is 47.9 Å². The summed E-state index contributed by atoms with van der Waals surface area (Å²) in [6, 6.07) is 10.7. The molecule has 0 radical (unpaired) electrons. The second kappa shape index (κ2) is 5.18. The third-order valence-corrected chi connectivity index (χ3v) is 2.46. The number of pyridine rings is 1. The van der Waals surface area contributed by atoms with Gasteiger partial charge in [-0.3, -0.25) is 9.82 Å². The molecule has 5 heteroatoms. The van der Waals surface area contributed by atoms with Crippen LogP contribution < -0.4 is 0 Å². The van der Waals surface area contributed by atoms with E-state index in [2.05, 4.69) is 15.2 Å². The molecular formula is C13H10N2O3. The highest BCUT2D eigenvalue weighted by molar-refractivity contribution is 5.90. The Balaban J connectivity index is 2.35. The smallest absolute Gasteiger partial charge is 0.279 e. The van der Waals surface area contributed by atoms with Crippen LogP contribution in [0.3, 0.4) is 0 Å². The number of aromatic nitrogens is 1. The van der Waals surface area contributed by atoms with Crippen LogP contribution >= 0.6 is 0 Å². The minimum absolute atomic E-state index is 0.236. The summed E-state index contributed by atoms with van der Waals surface area (Å²) in [5, 5.41) is 2.11. The van der Waals surface area contributed by atoms with Gasteiger partial charge in [0.2, 0.25) is 0 Å². The molecule has 0 saturated heterocycles. The predicted octanol–water partition coefficient (Wildman–Crippen LogP) is 2.90. The fourth-order valence-electron chi connectivity index (χ4n) is 1.53. The summed E-state index contributed by atoms with van der Waals surface area (Å²) in [5.74, 6) is -0.791. The molecule has 0 fully saturated rings. The van der Waals surface area contributed by atoms with Crippen molar-refractivity contribution in [2.24, 2.45) is 5.34 Å². The summed E-state index contributed by atoms with van der Waals surface area (Å²) in [5.41, 5.74) is 2.89. The minimum Gasteiger partial charge on any atom is -0.279 e. The average molecular weight is 242 g/mol. The van der Waals surface area contributed by atoms with E-state index in [9.17, 15) is 9.70 Å². The van der Waals surface area contributed by atoms with E-state index in [1.807, 2.05) is 31.2 Å². The van der Waals surface area contributed by atoms with Crippen molar-refractivity contribution in [2.75, 3.05) is 0 Å². The fraction of sp³-hybridized carbons (Fsp3) is 0.0769. The average Bonchev–Trinajstić information content (AvgIpc) is 2.40. The molecule has 0 amide bonds. The molecule has 1 aromatic heterocycles. The number of hydrogen-bond acceptors (Lipinski definition) is 5. The van der Waals surface area contributed by atoms with E-state index in [0.29, 0.717) is 5.69 Å². The molecule has 0 aliphatic rings. The molecule has 0 unspecified atom stereocenters. The lowest BCUT2D eigenvalue weighted by Gasteiger charge is -2.02. The van der Waals surface area contributed by atoms with E-state index in [1.165, 1.54) is 12.3 Å². The van der Waals surface area contributed by atoms with E-state index in [-0.39, 0.29) is 5.56 Å². The normalized spacial score (nSPS) is 9.83. The number of carbonyl (C=O) groups excluding carboxylic acids is 1. The van der Waals surface area contributed by atoms with Crippen molar-refractivity contribution in [1.29, 1.82) is 0 Å². The van der Waals surface area contributed by atoms with Crippen molar-refractivity contribution in [2.45, 2.75) is 6.92 Å². The Morgan fingerprint density at radius 1 is 1.22 bits per heavy atom. The highest BCUT2D eigenvalue weighted by Gasteiger charge is 2.09. The summed E-state index contributed by atoms with van der Waals surface area (Å²) in [7, 11) is 0. The van der Waals surface area contributed by atoms with Gasteiger partial charge in [-0.05, 0) is 19.1 Å². The summed E-state index contributed by atoms with van der Waals surface area (Å²) in [6.07, 6.45) is 1.48. The predicted molar refractivity (Wildman–Crippen MR) is 65.6 cm³/mol. The van der Waals surface area contributed by atoms with Crippen molar-refractivity contribution in [3.8, 4) is 11.3 Å². The first-order valence-corrected chi connectivity index (χ1v) is 5.28. The van der Waals surface area contributed by atoms with Gasteiger partial charge in [0.15, 0.2) is 5.34 Å². The maximum absolute atomic E-state index is 11.3. The Labute approximate surface area is 103 Å². The van der Waals surface area contributed by atoms with Crippen LogP contribution in [0.2, 0.25) is 0 Å². The molecule has 0 saturated carbocycles. The quantitative estimate of drug-likeness (QED) is 0.613. The lowest BCUT2D eigenvalue weighted by Crippen LogP contribution is -2.00. The van der Waals surface area contributed by atoms with E-state index in [1.54, 1.807) is 6.07 Å². The Kier molecular flexibility index (Phi) is 3.43. The van der Waals surface area contributed by atoms with Crippen LogP contribution in [0.5, 0.6) is 0 Å². The molecule has 5 nitrogen and oxygen atoms in total. The lowest BCUT2D eigenvalue weighted by atomic mass is 10.1. The molecule has 2 rings (SSSR count). The van der Waals surface area contributed by atoms with Crippen LogP contribution in [0.1, 0.15) is 15.9 Å². The van der Waals surface area contributed by atoms with Crippen LogP contribution in [0.4, 0.5) is 0 Å². The molecule has 0 aliphatic carbocycles. The van der Waals surface area contributed by atoms with Crippen molar-refractivity contribution in [1.82, 2.24) is 4.98 Å². The standard InChI is InChI=1S/C13H10N2O3/c1-9-2-4-10(5-3-9)12-8-11(6-7-14-12)13(16)18-15-17/h2-8H,1H3. The monoisotopic (exact) mass is 242 g/mol. The van der Waals surface area contributed by atoms with Gasteiger partial charge < -0.3 is 0 Å². The Bertz CT molecular complexity index is 579. The first kappa shape index (κ1) is 11.9. The Morgan fingerprint density at radius 2 is 1.94 bits per heavy atom. The largest absolute Gasteiger partial charge is 0.369 e. The molecule has 0 spiro atoms. The summed E-state index contributed by atoms with van der Waals surface area (Å²) >= 11 is 0. The number of carbonyl (C=O) groups is 1. The minimum atomic E-state index is -0.791. The van der Waals surface area contributed by atoms with Gasteiger partial charge in [-0.25, -0.2) is 4.79 Å². The zero-order chi connectivity index (χ0) is 13.0. The number of hydrogen-bond donors (Lipinski definition) is 0. The maximum atomic E-state index is 11.3. The Morgan fingerprint density at radius 3 is 2.61 bits per heavy atom. The zero-order valence-electron chi connectivity index (χ0n) is 9.66. The highest BCUT2D eigenvalue weighted by Crippen LogP contribution is 2.18. The summed E-state index contributed by atoms with van der Waals surface area (Å²) in [6.45, 7) is 1.99. The van der Waals surface area contributed by atoms with Gasteiger partial charge in [0.1, 0.15) is 0 Å². The van der Waals surface area contributed by atoms with Gasteiger partial charge in [-0.2, -0.15) is 0 Å². The molecule has 18 heavy (non-hydrogen) atoms. The molecule has 0 N–H and O–H groups in total. The molecule has 2 aromatic rings. The van der Waals surface area contributed by atoms with Crippen molar-refractivity contribution < 1.29 is 9.63 Å². The molecule has 1 aromatic carbocycles. The van der Waals surface area contributed by atoms with E-state index in [0.717, 1.165) is 11.1 Å². The topological polar surface area (TPSA) is 68.6 Å². The lowest BCUT2D eigenvalue weighted by molar-refractivity contribution is 0.0508. The number of rotatable bonds is 3. The van der Waals surface area contributed by atoms with Crippen molar-refractivity contribution in [3.05, 3.63) is 58.6 Å². The van der Waals surface area contributed by atoms with Gasteiger partial charge in [0, 0.05) is 11.8 Å². The van der Waals surface area contributed by atoms with Crippen molar-refractivity contribution in [3.63, 3.8) is 0 Å². The summed E-state index contributed by atoms with van der Waals surface area (Å²) < 4.78 is 0. The van der Waals surface area contributed by atoms with E-state index >= 15 is 0 Å². The second-order valence-corrected chi connectivity index (χ2v) is 3.75. The van der Waals surface area contributed by atoms with Gasteiger partial charge in [-0.15, -0.1) is 4.91 Å². The second-order valence-electron chi connectivity index (χ2n) is 3.75. The first-order chi connectivity index (χ1) is 8.70. The van der Waals surface area contributed by atoms with Crippen LogP contribution in [0.25, 0.3) is 11.3 Å². The van der Waals surface area contributed by atoms with Crippen LogP contribution in [-0.4, -0.2) is 11.0 Å². The number of nitrogens with zero attached hydrogens (tertiary/aromatic N) is 2. The van der Waals surface area contributed by atoms with Crippen LogP contribution in [0, 0.1) is 11.8 Å². The Hall–Kier alpha value is -2.56. The van der Waals surface area contributed by atoms with Gasteiger partial charge in [0.05, 0.1) is 11.3 Å². The SMILES string of the molecule is Cc1ccc(-c2cc(C(=O)ON=O)ccn2)cc1. The molecule has 0 bridgehead atoms. The van der Waals surface area contributed by atoms with Gasteiger partial charge in [-0.1, -0.05) is 29.8 Å². The fourth-order valence-corrected chi connectivity index (χ4v) is 1.53. The molecule has 90 valence electrons. The number of benzene rings is 1. The third-order valence-electron chi connectivity index (χ3n) is 2.46. The third kappa shape index (κ3) is 2.57. The molecule has 0 atom stereocenters. The molecule has 1 heterocycles. The highest BCUT2D eigenvalue weighted by atomic mass is 16.7. The first-order valence-electron chi connectivity index (χ1n) is 5.28. The van der Waals surface area contributed by atoms with E-state index in [4.69, 9.17) is 0 Å². The van der Waals surface area contributed by atoms with E-state index < -0.39 is 5.97 Å².